The van der Waals surface area contributed by atoms with E-state index in [0.29, 0.717) is 35.3 Å². The number of aliphatic carboxylic acids is 1. The highest BCUT2D eigenvalue weighted by molar-refractivity contribution is 6.02. The highest BCUT2D eigenvalue weighted by Gasteiger charge is 2.46. The molecule has 0 radical (unpaired) electrons. The number of aliphatic hydroxyl groups excluding tert-OH is 1. The third-order valence-corrected chi connectivity index (χ3v) is 7.61. The summed E-state index contributed by atoms with van der Waals surface area (Å²) >= 11 is 0. The topological polar surface area (TPSA) is 107 Å². The van der Waals surface area contributed by atoms with Gasteiger partial charge in [-0.1, -0.05) is 90.8 Å². The van der Waals surface area contributed by atoms with Gasteiger partial charge in [-0.2, -0.15) is 0 Å². The van der Waals surface area contributed by atoms with Crippen molar-refractivity contribution in [3.8, 4) is 11.5 Å². The normalized spacial score (nSPS) is 18.9. The molecule has 2 aromatic carbocycles. The Kier molecular flexibility index (Phi) is 16.3. The molecule has 0 aromatic heterocycles. The minimum atomic E-state index is -1.17. The molecule has 4 rings (SSSR count). The number of carbonyl (C=O) groups is 2. The Morgan fingerprint density at radius 2 is 1.67 bits per heavy atom. The van der Waals surface area contributed by atoms with Gasteiger partial charge in [-0.15, -0.1) is 0 Å². The van der Waals surface area contributed by atoms with Crippen molar-refractivity contribution in [2.75, 3.05) is 0 Å². The Morgan fingerprint density at radius 3 is 2.26 bits per heavy atom. The number of carboxylic acid groups (broad SMARTS) is 1. The predicted molar refractivity (Wildman–Crippen MR) is 179 cm³/mol. The first-order valence-electron chi connectivity index (χ1n) is 13.1. The number of phenolic OH excluding ortho intramolecular Hbond substituents is 1. The number of aromatic hydroxyl groups is 1. The third-order valence-electron chi connectivity index (χ3n) is 7.61. The lowest BCUT2D eigenvalue weighted by atomic mass is 9.84. The molecule has 2 aliphatic heterocycles. The number of rotatable bonds is 9. The number of amides is 1. The Balaban J connectivity index is 0. The molecule has 0 saturated heterocycles. The summed E-state index contributed by atoms with van der Waals surface area (Å²) in [6.07, 6.45) is 6.96. The van der Waals surface area contributed by atoms with Crippen molar-refractivity contribution >= 4 is 11.9 Å². The van der Waals surface area contributed by atoms with Crippen LogP contribution in [0.4, 0.5) is 0 Å². The highest BCUT2D eigenvalue weighted by Crippen LogP contribution is 2.47. The van der Waals surface area contributed by atoms with Crippen molar-refractivity contribution in [1.82, 2.24) is 4.90 Å². The minimum absolute atomic E-state index is 0. The largest absolute Gasteiger partial charge is 0.508 e. The fourth-order valence-electron chi connectivity index (χ4n) is 5.32. The SMILES string of the molecule is C.C.C.C.C.CC(C)=CCC/C(C)=C/CC[C@]1(C)Oc2c(c(O)cc3c2CN([C@@H](C(=O)O)c2ccccc2)C3=O)C[C@@H]1O. The van der Waals surface area contributed by atoms with E-state index < -0.39 is 29.6 Å². The summed E-state index contributed by atoms with van der Waals surface area (Å²) in [5, 5.41) is 31.8. The van der Waals surface area contributed by atoms with Crippen LogP contribution in [0.5, 0.6) is 11.5 Å². The number of benzene rings is 2. The number of aliphatic hydroxyl groups is 1. The molecule has 0 spiro atoms. The molecule has 0 bridgehead atoms. The lowest BCUT2D eigenvalue weighted by Crippen LogP contribution is -2.49. The van der Waals surface area contributed by atoms with Crippen molar-refractivity contribution in [3.05, 3.63) is 82.0 Å². The van der Waals surface area contributed by atoms with E-state index in [1.165, 1.54) is 22.1 Å². The standard InChI is InChI=1S/C31H37NO6.5CH4/c1-19(2)10-8-11-20(3)12-9-15-31(4)26(34)17-23-25(33)16-22-24(28(23)38-31)18-32(29(22)35)27(30(36)37)21-13-6-5-7-14-21;;;;;/h5-7,10,12-14,16,26-27,33-34H,8-9,11,15,17-18H2,1-4H3,(H,36,37);5*1H4/b20-12+;;;;;/t26-,27+,31-;;;;;/m0...../s1. The van der Waals surface area contributed by atoms with Crippen molar-refractivity contribution in [3.63, 3.8) is 0 Å². The molecule has 0 aliphatic carbocycles. The molecule has 242 valence electrons. The van der Waals surface area contributed by atoms with Crippen molar-refractivity contribution in [1.29, 1.82) is 0 Å². The predicted octanol–water partition coefficient (Wildman–Crippen LogP) is 8.88. The molecule has 7 heteroatoms. The summed E-state index contributed by atoms with van der Waals surface area (Å²) in [6.45, 7) is 8.17. The number of ether oxygens (including phenoxy) is 1. The number of carboxylic acids is 1. The third kappa shape index (κ3) is 8.73. The summed E-state index contributed by atoms with van der Waals surface area (Å²) in [4.78, 5) is 26.9. The van der Waals surface area contributed by atoms with Crippen LogP contribution in [0.25, 0.3) is 0 Å². The first-order chi connectivity index (χ1) is 18.0. The van der Waals surface area contributed by atoms with E-state index in [9.17, 15) is 24.9 Å². The minimum Gasteiger partial charge on any atom is -0.508 e. The van der Waals surface area contributed by atoms with Crippen LogP contribution < -0.4 is 4.74 Å². The maximum Gasteiger partial charge on any atom is 0.331 e. The van der Waals surface area contributed by atoms with Gasteiger partial charge in [-0.25, -0.2) is 4.79 Å². The van der Waals surface area contributed by atoms with E-state index in [2.05, 4.69) is 32.9 Å². The van der Waals surface area contributed by atoms with Gasteiger partial charge in [0.1, 0.15) is 17.1 Å². The van der Waals surface area contributed by atoms with Gasteiger partial charge < -0.3 is 25.0 Å². The second-order valence-electron chi connectivity index (χ2n) is 10.9. The monoisotopic (exact) mass is 599 g/mol. The average Bonchev–Trinajstić information content (AvgIpc) is 3.16. The molecule has 7 nitrogen and oxygen atoms in total. The van der Waals surface area contributed by atoms with Crippen molar-refractivity contribution < 1.29 is 29.6 Å². The summed E-state index contributed by atoms with van der Waals surface area (Å²) < 4.78 is 6.42. The quantitative estimate of drug-likeness (QED) is 0.249. The van der Waals surface area contributed by atoms with E-state index in [0.717, 1.165) is 12.8 Å². The molecule has 2 heterocycles. The number of allylic oxidation sites excluding steroid dienone is 4. The van der Waals surface area contributed by atoms with E-state index in [4.69, 9.17) is 4.74 Å². The number of hydrogen-bond donors (Lipinski definition) is 3. The van der Waals surface area contributed by atoms with Crippen LogP contribution >= 0.6 is 0 Å². The number of fused-ring (bicyclic) bond motifs is 3. The maximum absolute atomic E-state index is 13.4. The summed E-state index contributed by atoms with van der Waals surface area (Å²) in [6, 6.07) is 8.83. The van der Waals surface area contributed by atoms with Crippen LogP contribution in [-0.4, -0.2) is 43.8 Å². The van der Waals surface area contributed by atoms with Gasteiger partial charge in [0.25, 0.3) is 5.91 Å². The van der Waals surface area contributed by atoms with Gasteiger partial charge in [-0.3, -0.25) is 4.79 Å². The molecule has 1 amide bonds. The van der Waals surface area contributed by atoms with Gasteiger partial charge in [0.15, 0.2) is 6.04 Å². The Bertz CT molecular complexity index is 1280. The molecule has 3 N–H and O–H groups in total. The zero-order chi connectivity index (χ0) is 27.6. The van der Waals surface area contributed by atoms with Crippen LogP contribution in [0.2, 0.25) is 0 Å². The lowest BCUT2D eigenvalue weighted by Gasteiger charge is -2.41. The lowest BCUT2D eigenvalue weighted by molar-refractivity contribution is -0.142. The molecular formula is C36H57NO6. The molecule has 43 heavy (non-hydrogen) atoms. The summed E-state index contributed by atoms with van der Waals surface area (Å²) in [5.41, 5.74) is 3.38. The van der Waals surface area contributed by atoms with E-state index >= 15 is 0 Å². The smallest absolute Gasteiger partial charge is 0.331 e. The molecule has 0 unspecified atom stereocenters. The van der Waals surface area contributed by atoms with Crippen LogP contribution in [0.1, 0.15) is 124 Å². The van der Waals surface area contributed by atoms with E-state index in [1.807, 2.05) is 6.92 Å². The molecule has 2 aliphatic rings. The molecule has 0 fully saturated rings. The fourth-order valence-corrected chi connectivity index (χ4v) is 5.32. The van der Waals surface area contributed by atoms with Gasteiger partial charge in [0, 0.05) is 17.5 Å². The van der Waals surface area contributed by atoms with E-state index in [-0.39, 0.29) is 61.4 Å². The van der Waals surface area contributed by atoms with Gasteiger partial charge >= 0.3 is 5.97 Å². The summed E-state index contributed by atoms with van der Waals surface area (Å²) in [5.74, 6) is -1.36. The summed E-state index contributed by atoms with van der Waals surface area (Å²) in [7, 11) is 0. The number of hydrogen-bond acceptors (Lipinski definition) is 5. The molecular weight excluding hydrogens is 542 g/mol. The number of nitrogens with zero attached hydrogens (tertiary/aromatic N) is 1. The van der Waals surface area contributed by atoms with Gasteiger partial charge in [0.05, 0.1) is 18.2 Å². The van der Waals surface area contributed by atoms with Gasteiger partial charge in [0.2, 0.25) is 0 Å². The Morgan fingerprint density at radius 1 is 1.05 bits per heavy atom. The first kappa shape index (κ1) is 41.6. The highest BCUT2D eigenvalue weighted by atomic mass is 16.5. The Labute approximate surface area is 260 Å². The number of carbonyl (C=O) groups excluding carboxylic acids is 1. The molecule has 3 atom stereocenters. The molecule has 2 aromatic rings. The van der Waals surface area contributed by atoms with Crippen molar-refractivity contribution in [2.24, 2.45) is 0 Å². The molecule has 0 saturated carbocycles. The second-order valence-corrected chi connectivity index (χ2v) is 10.9. The average molecular weight is 600 g/mol. The fraction of sp³-hybridized carbons (Fsp3) is 0.500. The second kappa shape index (κ2) is 16.9. The Hall–Kier alpha value is -3.58. The zero-order valence-electron chi connectivity index (χ0n) is 22.5. The number of phenols is 1. The maximum atomic E-state index is 13.4. The van der Waals surface area contributed by atoms with Crippen LogP contribution in [0.15, 0.2) is 59.7 Å². The van der Waals surface area contributed by atoms with Crippen LogP contribution in [-0.2, 0) is 17.8 Å². The van der Waals surface area contributed by atoms with Crippen LogP contribution in [0.3, 0.4) is 0 Å². The van der Waals surface area contributed by atoms with Gasteiger partial charge in [-0.05, 0) is 65.0 Å². The first-order valence-corrected chi connectivity index (χ1v) is 13.1. The van der Waals surface area contributed by atoms with Crippen LogP contribution in [0, 0.1) is 0 Å². The zero-order valence-corrected chi connectivity index (χ0v) is 22.5. The van der Waals surface area contributed by atoms with E-state index in [1.54, 1.807) is 30.3 Å². The van der Waals surface area contributed by atoms with Crippen molar-refractivity contribution in [2.45, 2.75) is 121 Å².